The Morgan fingerprint density at radius 1 is 0.212 bits per heavy atom. The number of rotatable bonds is 8. The Labute approximate surface area is 473 Å². The van der Waals surface area contributed by atoms with E-state index in [9.17, 15) is 0 Å². The van der Waals surface area contributed by atoms with E-state index in [1.807, 2.05) is 0 Å². The van der Waals surface area contributed by atoms with Crippen molar-refractivity contribution in [2.75, 3.05) is 9.80 Å². The highest BCUT2D eigenvalue weighted by Gasteiger charge is 2.31. The Hall–Kier alpha value is -8.46. The van der Waals surface area contributed by atoms with Crippen LogP contribution in [0.5, 0.6) is 0 Å². The van der Waals surface area contributed by atoms with E-state index < -0.39 is 0 Å². The Morgan fingerprint density at radius 2 is 0.463 bits per heavy atom. The van der Waals surface area contributed by atoms with Gasteiger partial charge in [-0.15, -0.1) is 0 Å². The fraction of sp³-hybridized carbons (Fsp3) is 0.205. The lowest BCUT2D eigenvalue weighted by Crippen LogP contribution is -2.14. The lowest BCUT2D eigenvalue weighted by atomic mass is 9.86. The highest BCUT2D eigenvalue weighted by molar-refractivity contribution is 6.47. The van der Waals surface area contributed by atoms with Crippen LogP contribution in [0.1, 0.15) is 105 Å². The van der Waals surface area contributed by atoms with Crippen molar-refractivity contribution in [2.24, 2.45) is 0 Å². The van der Waals surface area contributed by atoms with Crippen LogP contribution in [0.3, 0.4) is 0 Å². The Balaban J connectivity index is 1.13. The summed E-state index contributed by atoms with van der Waals surface area (Å²) in [6, 6.07) is 83.3. The quantitative estimate of drug-likeness (QED) is 0.150. The van der Waals surface area contributed by atoms with Crippen molar-refractivity contribution < 1.29 is 0 Å². The van der Waals surface area contributed by atoms with Gasteiger partial charge in [0.05, 0.1) is 11.4 Å². The highest BCUT2D eigenvalue weighted by atomic mass is 15.1. The summed E-state index contributed by atoms with van der Waals surface area (Å²) in [5.74, 6) is 0. The highest BCUT2D eigenvalue weighted by Crippen LogP contribution is 2.58. The van der Waals surface area contributed by atoms with Crippen molar-refractivity contribution in [1.29, 1.82) is 0 Å². The molecule has 0 atom stereocenters. The first kappa shape index (κ1) is 51.0. The molecule has 0 aliphatic rings. The monoisotopic (exact) mass is 1040 g/mol. The van der Waals surface area contributed by atoms with E-state index in [0.717, 1.165) is 34.1 Å². The number of hydrogen-bond donors (Lipinski definition) is 0. The van der Waals surface area contributed by atoms with Gasteiger partial charge in [-0.2, -0.15) is 0 Å². The molecule has 80 heavy (non-hydrogen) atoms. The van der Waals surface area contributed by atoms with Crippen molar-refractivity contribution in [3.63, 3.8) is 0 Å². The number of hydrogen-bond acceptors (Lipinski definition) is 2. The average Bonchev–Trinajstić information content (AvgIpc) is 3.54. The lowest BCUT2D eigenvalue weighted by molar-refractivity contribution is 0.590. The molecule has 0 saturated heterocycles. The zero-order valence-corrected chi connectivity index (χ0v) is 48.7. The summed E-state index contributed by atoms with van der Waals surface area (Å²) in [5, 5.41) is 15.3. The van der Waals surface area contributed by atoms with Crippen LogP contribution in [0, 0.1) is 0 Å². The Kier molecular flexibility index (Phi) is 11.8. The molecule has 0 N–H and O–H groups in total. The minimum atomic E-state index is 0.0329. The van der Waals surface area contributed by atoms with Crippen molar-refractivity contribution in [3.8, 4) is 22.3 Å². The van der Waals surface area contributed by atoms with Crippen molar-refractivity contribution >= 4 is 98.8 Å². The molecule has 2 nitrogen and oxygen atoms in total. The van der Waals surface area contributed by atoms with E-state index in [2.05, 4.69) is 311 Å². The van der Waals surface area contributed by atoms with Gasteiger partial charge in [0.15, 0.2) is 0 Å². The molecule has 0 bridgehead atoms. The SMILES string of the molecule is CC(C)(C)c1ccc(N(c2ccc(C(C)(C)C)cc2)c2ccc3c4c(-c5ccccc5)c5c6ccc(N(c7ccc(C(C)(C)C)cc7)c7ccc(C(C)(C)C)cc7)c7cccc(c5c(-c5ccccc5)c4c4cccc2c43)c76)cc1. The van der Waals surface area contributed by atoms with E-state index in [4.69, 9.17) is 0 Å². The zero-order valence-electron chi connectivity index (χ0n) is 48.7. The predicted molar refractivity (Wildman–Crippen MR) is 349 cm³/mol. The number of benzene rings is 11. The number of fused-ring (bicyclic) bond motifs is 6. The van der Waals surface area contributed by atoms with Crippen molar-refractivity contribution in [2.45, 2.75) is 105 Å². The van der Waals surface area contributed by atoms with Crippen LogP contribution in [0.15, 0.2) is 218 Å². The molecule has 0 spiro atoms. The molecule has 394 valence electrons. The predicted octanol–water partition coefficient (Wildman–Crippen LogP) is 22.9. The molecule has 13 rings (SSSR count). The van der Waals surface area contributed by atoms with Gasteiger partial charge < -0.3 is 9.80 Å². The maximum absolute atomic E-state index is 2.48. The van der Waals surface area contributed by atoms with Gasteiger partial charge in [-0.1, -0.05) is 241 Å². The third-order valence-corrected chi connectivity index (χ3v) is 17.2. The zero-order chi connectivity index (χ0) is 55.6. The molecular formula is C78H72N2. The molecular weight excluding hydrogens is 965 g/mol. The van der Waals surface area contributed by atoms with Crippen LogP contribution in [0.2, 0.25) is 0 Å². The average molecular weight is 1040 g/mol. The molecule has 0 aliphatic heterocycles. The number of anilines is 6. The van der Waals surface area contributed by atoms with E-state index in [1.54, 1.807) is 0 Å². The minimum absolute atomic E-state index is 0.0329. The Bertz CT molecular complexity index is 3970. The summed E-state index contributed by atoms with van der Waals surface area (Å²) in [6.45, 7) is 27.5. The van der Waals surface area contributed by atoms with E-state index >= 15 is 0 Å². The lowest BCUT2D eigenvalue weighted by Gasteiger charge is -2.29. The van der Waals surface area contributed by atoms with Gasteiger partial charge in [-0.05, 0) is 181 Å². The van der Waals surface area contributed by atoms with Crippen molar-refractivity contribution in [1.82, 2.24) is 0 Å². The number of nitrogens with zero attached hydrogens (tertiary/aromatic N) is 2. The molecule has 0 aliphatic carbocycles. The summed E-state index contributed by atoms with van der Waals surface area (Å²) in [6.07, 6.45) is 0. The molecule has 2 heteroatoms. The van der Waals surface area contributed by atoms with Crippen LogP contribution >= 0.6 is 0 Å². The third-order valence-electron chi connectivity index (χ3n) is 17.2. The fourth-order valence-electron chi connectivity index (χ4n) is 12.9. The van der Waals surface area contributed by atoms with E-state index in [1.165, 1.54) is 109 Å². The first-order chi connectivity index (χ1) is 38.3. The van der Waals surface area contributed by atoms with Crippen LogP contribution in [0.25, 0.3) is 86.9 Å². The Morgan fingerprint density at radius 3 is 0.725 bits per heavy atom. The summed E-state index contributed by atoms with van der Waals surface area (Å²) in [5.41, 5.74) is 17.3. The second kappa shape index (κ2) is 18.6. The van der Waals surface area contributed by atoms with Gasteiger partial charge in [0.25, 0.3) is 0 Å². The van der Waals surface area contributed by atoms with Crippen LogP contribution in [0.4, 0.5) is 34.1 Å². The second-order valence-corrected chi connectivity index (χ2v) is 26.6. The molecule has 0 unspecified atom stereocenters. The molecule has 0 radical (unpaired) electrons. The largest absolute Gasteiger partial charge is 0.310 e. The van der Waals surface area contributed by atoms with E-state index in [0.29, 0.717) is 0 Å². The van der Waals surface area contributed by atoms with E-state index in [-0.39, 0.29) is 21.7 Å². The van der Waals surface area contributed by atoms with Crippen molar-refractivity contribution in [3.05, 3.63) is 241 Å². The standard InChI is InChI=1S/C78H72N2/c1-75(2,3)51-29-37-55(38-30-51)79(56-39-31-52(32-40-56)76(4,5)6)65-47-45-63-69-59(65)25-19-27-61(69)71-67(49-21-15-13-16-22-49)72-62-28-20-26-60-66(48-46-64(70(60)62)74(72)68(73(63)71)50-23-17-14-18-24-50)80(57-41-33-53(34-42-57)77(7,8)9)58-43-35-54(36-44-58)78(10,11)12/h13-48H,1-12H3. The van der Waals surface area contributed by atoms with Gasteiger partial charge in [0.1, 0.15) is 0 Å². The fourth-order valence-corrected chi connectivity index (χ4v) is 12.9. The molecule has 0 fully saturated rings. The van der Waals surface area contributed by atoms with Gasteiger partial charge in [-0.25, -0.2) is 0 Å². The molecule has 0 saturated carbocycles. The first-order valence-corrected chi connectivity index (χ1v) is 28.8. The maximum atomic E-state index is 2.48. The van der Waals surface area contributed by atoms with Crippen LogP contribution in [-0.2, 0) is 21.7 Å². The van der Waals surface area contributed by atoms with Gasteiger partial charge >= 0.3 is 0 Å². The third kappa shape index (κ3) is 8.37. The maximum Gasteiger partial charge on any atom is 0.0540 e. The minimum Gasteiger partial charge on any atom is -0.310 e. The smallest absolute Gasteiger partial charge is 0.0540 e. The normalized spacial score (nSPS) is 12.8. The molecule has 0 heterocycles. The van der Waals surface area contributed by atoms with Crippen LogP contribution < -0.4 is 9.80 Å². The summed E-state index contributed by atoms with van der Waals surface area (Å²) in [7, 11) is 0. The summed E-state index contributed by atoms with van der Waals surface area (Å²) >= 11 is 0. The summed E-state index contributed by atoms with van der Waals surface area (Å²) < 4.78 is 0. The topological polar surface area (TPSA) is 6.48 Å². The molecule has 13 aromatic rings. The summed E-state index contributed by atoms with van der Waals surface area (Å²) in [4.78, 5) is 4.97. The van der Waals surface area contributed by atoms with Crippen LogP contribution in [-0.4, -0.2) is 0 Å². The van der Waals surface area contributed by atoms with Gasteiger partial charge in [-0.3, -0.25) is 0 Å². The molecule has 13 aromatic carbocycles. The second-order valence-electron chi connectivity index (χ2n) is 26.6. The van der Waals surface area contributed by atoms with Gasteiger partial charge in [0.2, 0.25) is 0 Å². The molecule has 0 aromatic heterocycles. The van der Waals surface area contributed by atoms with Gasteiger partial charge in [0, 0.05) is 33.5 Å². The molecule has 0 amide bonds. The first-order valence-electron chi connectivity index (χ1n) is 28.8.